The van der Waals surface area contributed by atoms with Gasteiger partial charge in [0.05, 0.1) is 27.5 Å². The fourth-order valence-corrected chi connectivity index (χ4v) is 6.30. The van der Waals surface area contributed by atoms with Crippen LogP contribution in [-0.2, 0) is 14.8 Å². The molecule has 1 aliphatic rings. The van der Waals surface area contributed by atoms with E-state index < -0.39 is 16.0 Å². The Morgan fingerprint density at radius 3 is 2.33 bits per heavy atom. The molecule has 0 unspecified atom stereocenters. The van der Waals surface area contributed by atoms with E-state index in [9.17, 15) is 18.0 Å². The van der Waals surface area contributed by atoms with Gasteiger partial charge in [0, 0.05) is 17.5 Å². The van der Waals surface area contributed by atoms with Gasteiger partial charge < -0.3 is 15.4 Å². The van der Waals surface area contributed by atoms with Crippen LogP contribution in [0.5, 0.6) is 0 Å². The van der Waals surface area contributed by atoms with E-state index in [0.29, 0.717) is 48.1 Å². The van der Waals surface area contributed by atoms with Gasteiger partial charge in [-0.3, -0.25) is 4.79 Å². The zero-order valence-corrected chi connectivity index (χ0v) is 22.2. The van der Waals surface area contributed by atoms with Crippen molar-refractivity contribution in [1.82, 2.24) is 20.0 Å². The fourth-order valence-electron chi connectivity index (χ4n) is 4.98. The van der Waals surface area contributed by atoms with Crippen molar-refractivity contribution in [3.8, 4) is 11.4 Å². The Kier molecular flexibility index (Phi) is 7.49. The van der Waals surface area contributed by atoms with E-state index in [4.69, 9.17) is 5.11 Å². The third-order valence-electron chi connectivity index (χ3n) is 7.25. The molecular weight excluding hydrogens is 516 g/mol. The van der Waals surface area contributed by atoms with Crippen LogP contribution in [-0.4, -0.2) is 41.4 Å². The third-order valence-corrected chi connectivity index (χ3v) is 8.77. The van der Waals surface area contributed by atoms with E-state index in [2.05, 4.69) is 20.0 Å². The molecule has 202 valence electrons. The maximum absolute atomic E-state index is 13.2. The predicted molar refractivity (Wildman–Crippen MR) is 148 cm³/mol. The Morgan fingerprint density at radius 2 is 1.67 bits per heavy atom. The molecule has 4 N–H and O–H groups in total. The van der Waals surface area contributed by atoms with Gasteiger partial charge >= 0.3 is 5.97 Å². The molecule has 1 saturated carbocycles. The normalized spacial score (nSPS) is 18.5. The largest absolute Gasteiger partial charge is 0.478 e. The second kappa shape index (κ2) is 11.0. The Bertz CT molecular complexity index is 1590. The van der Waals surface area contributed by atoms with Crippen LogP contribution in [0.25, 0.3) is 22.4 Å². The van der Waals surface area contributed by atoms with Gasteiger partial charge in [-0.25, -0.2) is 22.9 Å². The smallest absolute Gasteiger partial charge is 0.335 e. The fraction of sp³-hybridized carbons (Fsp3) is 0.276. The van der Waals surface area contributed by atoms with E-state index >= 15 is 0 Å². The van der Waals surface area contributed by atoms with E-state index in [1.807, 2.05) is 37.3 Å². The molecule has 1 amide bonds. The Hall–Kier alpha value is -4.02. The van der Waals surface area contributed by atoms with Crippen molar-refractivity contribution in [1.29, 1.82) is 0 Å². The number of aromatic amines is 1. The number of hydrogen-bond acceptors (Lipinski definition) is 5. The minimum absolute atomic E-state index is 0.00467. The number of aromatic nitrogens is 2. The second-order valence-electron chi connectivity index (χ2n) is 9.96. The van der Waals surface area contributed by atoms with Crippen LogP contribution in [0.15, 0.2) is 77.7 Å². The third kappa shape index (κ3) is 6.02. The number of imidazole rings is 1. The van der Waals surface area contributed by atoms with Crippen molar-refractivity contribution in [2.24, 2.45) is 5.92 Å². The zero-order valence-electron chi connectivity index (χ0n) is 21.4. The number of sulfonamides is 1. The number of aromatic carboxylic acids is 1. The highest BCUT2D eigenvalue weighted by molar-refractivity contribution is 7.89. The molecule has 0 saturated heterocycles. The van der Waals surface area contributed by atoms with Gasteiger partial charge in [-0.2, -0.15) is 0 Å². The number of amides is 1. The first-order chi connectivity index (χ1) is 18.7. The van der Waals surface area contributed by atoms with Crippen LogP contribution < -0.4 is 10.0 Å². The minimum Gasteiger partial charge on any atom is -0.478 e. The van der Waals surface area contributed by atoms with E-state index in [-0.39, 0.29) is 34.4 Å². The first kappa shape index (κ1) is 26.6. The van der Waals surface area contributed by atoms with Crippen LogP contribution >= 0.6 is 0 Å². The molecule has 3 aromatic carbocycles. The summed E-state index contributed by atoms with van der Waals surface area (Å²) in [4.78, 5) is 31.7. The van der Waals surface area contributed by atoms with Crippen molar-refractivity contribution in [3.05, 3.63) is 83.9 Å². The van der Waals surface area contributed by atoms with Gasteiger partial charge in [0.25, 0.3) is 0 Å². The molecule has 1 aromatic heterocycles. The van der Waals surface area contributed by atoms with Crippen LogP contribution in [0.1, 0.15) is 54.6 Å². The van der Waals surface area contributed by atoms with Crippen LogP contribution in [0.4, 0.5) is 0 Å². The summed E-state index contributed by atoms with van der Waals surface area (Å²) in [6, 6.07) is 20.5. The number of carboxylic acids is 1. The number of H-pyrrole nitrogens is 1. The topological polar surface area (TPSA) is 141 Å². The lowest BCUT2D eigenvalue weighted by Gasteiger charge is -2.29. The summed E-state index contributed by atoms with van der Waals surface area (Å²) in [6.07, 6.45) is 2.39. The summed E-state index contributed by atoms with van der Waals surface area (Å²) in [5.41, 5.74) is 3.07. The van der Waals surface area contributed by atoms with Crippen LogP contribution in [0.3, 0.4) is 0 Å². The Balaban J connectivity index is 1.20. The van der Waals surface area contributed by atoms with Crippen LogP contribution in [0.2, 0.25) is 0 Å². The summed E-state index contributed by atoms with van der Waals surface area (Å²) in [6.45, 7) is 1.96. The molecule has 1 aliphatic carbocycles. The molecule has 0 aliphatic heterocycles. The SMILES string of the molecule is C[C@@H](NC(=O)[C@H]1CC[C@H](NS(=O)(=O)c2ccc3[nH]c(-c4ccc(C(=O)O)cc4)nc3c2)CC1)c1ccccc1. The van der Waals surface area contributed by atoms with Gasteiger partial charge in [0.2, 0.25) is 15.9 Å². The molecule has 4 aromatic rings. The zero-order chi connectivity index (χ0) is 27.6. The maximum atomic E-state index is 13.2. The van der Waals surface area contributed by atoms with Crippen molar-refractivity contribution >= 4 is 32.9 Å². The average molecular weight is 547 g/mol. The van der Waals surface area contributed by atoms with Gasteiger partial charge in [0.15, 0.2) is 0 Å². The number of nitrogens with zero attached hydrogens (tertiary/aromatic N) is 1. The molecule has 1 heterocycles. The van der Waals surface area contributed by atoms with Crippen molar-refractivity contribution in [2.75, 3.05) is 0 Å². The summed E-state index contributed by atoms with van der Waals surface area (Å²) < 4.78 is 29.1. The lowest BCUT2D eigenvalue weighted by atomic mass is 9.85. The molecule has 5 rings (SSSR count). The lowest BCUT2D eigenvalue weighted by molar-refractivity contribution is -0.126. The summed E-state index contributed by atoms with van der Waals surface area (Å²) in [5.74, 6) is -0.629. The molecule has 1 atom stereocenters. The molecule has 9 nitrogen and oxygen atoms in total. The number of carbonyl (C=O) groups is 2. The number of carbonyl (C=O) groups excluding carboxylic acids is 1. The van der Waals surface area contributed by atoms with Gasteiger partial charge in [-0.05, 0) is 68.5 Å². The van der Waals surface area contributed by atoms with E-state index in [0.717, 1.165) is 5.56 Å². The van der Waals surface area contributed by atoms with Crippen LogP contribution in [0, 0.1) is 5.92 Å². The highest BCUT2D eigenvalue weighted by atomic mass is 32.2. The minimum atomic E-state index is -3.78. The van der Waals surface area contributed by atoms with Gasteiger partial charge in [-0.1, -0.05) is 42.5 Å². The monoisotopic (exact) mass is 546 g/mol. The number of fused-ring (bicyclic) bond motifs is 1. The molecule has 0 bridgehead atoms. The second-order valence-corrected chi connectivity index (χ2v) is 11.7. The molecule has 10 heteroatoms. The molecular formula is C29H30N4O5S. The Morgan fingerprint density at radius 1 is 0.974 bits per heavy atom. The lowest BCUT2D eigenvalue weighted by Crippen LogP contribution is -2.41. The number of benzene rings is 3. The summed E-state index contributed by atoms with van der Waals surface area (Å²) in [5, 5.41) is 12.2. The van der Waals surface area contributed by atoms with Gasteiger partial charge in [0.1, 0.15) is 5.82 Å². The standard InChI is InChI=1S/C29H30N4O5S/c1-18(19-5-3-2-4-6-19)30-28(34)21-11-13-23(14-12-21)33-39(37,38)24-15-16-25-26(17-24)32-27(31-25)20-7-9-22(10-8-20)29(35)36/h2-10,15-18,21,23,33H,11-14H2,1H3,(H,30,34)(H,31,32)(H,35,36)/t18-,21-,23-/m1/s1. The first-order valence-electron chi connectivity index (χ1n) is 12.9. The highest BCUT2D eigenvalue weighted by Crippen LogP contribution is 2.28. The van der Waals surface area contributed by atoms with Gasteiger partial charge in [-0.15, -0.1) is 0 Å². The summed E-state index contributed by atoms with van der Waals surface area (Å²) >= 11 is 0. The Labute approximate surface area is 226 Å². The predicted octanol–water partition coefficient (Wildman–Crippen LogP) is 4.64. The van der Waals surface area contributed by atoms with Crippen molar-refractivity contribution in [3.63, 3.8) is 0 Å². The van der Waals surface area contributed by atoms with Crippen molar-refractivity contribution in [2.45, 2.75) is 49.6 Å². The average Bonchev–Trinajstić information content (AvgIpc) is 3.37. The van der Waals surface area contributed by atoms with E-state index in [1.54, 1.807) is 18.2 Å². The maximum Gasteiger partial charge on any atom is 0.335 e. The number of rotatable bonds is 8. The number of carboxylic acid groups (broad SMARTS) is 1. The first-order valence-corrected chi connectivity index (χ1v) is 14.4. The molecule has 39 heavy (non-hydrogen) atoms. The van der Waals surface area contributed by atoms with Crippen molar-refractivity contribution < 1.29 is 23.1 Å². The quantitative estimate of drug-likeness (QED) is 0.254. The number of hydrogen-bond donors (Lipinski definition) is 4. The van der Waals surface area contributed by atoms with E-state index in [1.165, 1.54) is 24.3 Å². The number of nitrogens with one attached hydrogen (secondary N) is 3. The summed E-state index contributed by atoms with van der Waals surface area (Å²) in [7, 11) is -3.78. The molecule has 1 fully saturated rings. The highest BCUT2D eigenvalue weighted by Gasteiger charge is 2.30. The molecule has 0 radical (unpaired) electrons. The molecule has 0 spiro atoms.